The molecule has 0 aromatic heterocycles. The number of sulfonamides is 1. The Balaban J connectivity index is 2.46. The fraction of sp³-hybridized carbons (Fsp3) is 0.417. The number of hydrogen-bond donors (Lipinski definition) is 1. The lowest BCUT2D eigenvalue weighted by atomic mass is 10.1. The van der Waals surface area contributed by atoms with E-state index >= 15 is 0 Å². The monoisotopic (exact) mass is 561 g/mol. The highest BCUT2D eigenvalue weighted by Gasteiger charge is 2.31. The molecule has 2 rings (SSSR count). The van der Waals surface area contributed by atoms with Gasteiger partial charge in [0.15, 0.2) is 0 Å². The molecule has 1 atom stereocenters. The zero-order valence-corrected chi connectivity index (χ0v) is 23.2. The van der Waals surface area contributed by atoms with Crippen molar-refractivity contribution in [3.8, 4) is 0 Å². The van der Waals surface area contributed by atoms with Gasteiger partial charge in [-0.15, -0.1) is 0 Å². The Morgan fingerprint density at radius 3 is 2.23 bits per heavy atom. The van der Waals surface area contributed by atoms with Crippen LogP contribution in [0.25, 0.3) is 0 Å². The van der Waals surface area contributed by atoms with Crippen molar-refractivity contribution in [3.63, 3.8) is 0 Å². The van der Waals surface area contributed by atoms with Crippen LogP contribution in [0.4, 0.5) is 5.69 Å². The van der Waals surface area contributed by atoms with Crippen LogP contribution in [-0.2, 0) is 26.2 Å². The van der Waals surface area contributed by atoms with Crippen molar-refractivity contribution in [2.24, 2.45) is 0 Å². The maximum absolute atomic E-state index is 13.6. The molecule has 0 aliphatic rings. The average molecular weight is 563 g/mol. The van der Waals surface area contributed by atoms with Crippen LogP contribution in [0.15, 0.2) is 36.4 Å². The Kier molecular flexibility index (Phi) is 10.7. The second-order valence-electron chi connectivity index (χ2n) is 8.19. The molecule has 0 bridgehead atoms. The van der Waals surface area contributed by atoms with E-state index in [-0.39, 0.29) is 18.1 Å². The average Bonchev–Trinajstić information content (AvgIpc) is 2.79. The van der Waals surface area contributed by atoms with E-state index < -0.39 is 28.5 Å². The largest absolute Gasteiger partial charge is 0.354 e. The fourth-order valence-corrected chi connectivity index (χ4v) is 4.81. The van der Waals surface area contributed by atoms with E-state index in [1.165, 1.54) is 11.0 Å². The van der Waals surface area contributed by atoms with E-state index in [0.29, 0.717) is 33.6 Å². The van der Waals surface area contributed by atoms with Crippen molar-refractivity contribution in [1.82, 2.24) is 10.2 Å². The molecule has 0 unspecified atom stereocenters. The summed E-state index contributed by atoms with van der Waals surface area (Å²) in [5.41, 5.74) is 1.68. The summed E-state index contributed by atoms with van der Waals surface area (Å²) >= 11 is 18.4. The van der Waals surface area contributed by atoms with Crippen LogP contribution in [0, 0.1) is 6.92 Å². The third-order valence-electron chi connectivity index (χ3n) is 5.39. The third kappa shape index (κ3) is 8.00. The van der Waals surface area contributed by atoms with Gasteiger partial charge in [0, 0.05) is 18.1 Å². The Morgan fingerprint density at radius 2 is 1.69 bits per heavy atom. The van der Waals surface area contributed by atoms with Crippen molar-refractivity contribution in [3.05, 3.63) is 62.6 Å². The minimum Gasteiger partial charge on any atom is -0.354 e. The van der Waals surface area contributed by atoms with Crippen LogP contribution in [0.3, 0.4) is 0 Å². The molecule has 7 nitrogen and oxygen atoms in total. The summed E-state index contributed by atoms with van der Waals surface area (Å²) in [5.74, 6) is -0.858. The van der Waals surface area contributed by atoms with Gasteiger partial charge in [-0.25, -0.2) is 8.42 Å². The Hall–Kier alpha value is -2.00. The fourth-order valence-electron chi connectivity index (χ4n) is 3.47. The molecule has 2 amide bonds. The molecular formula is C24H30Cl3N3O4S. The number of hydrogen-bond acceptors (Lipinski definition) is 4. The van der Waals surface area contributed by atoms with Gasteiger partial charge in [-0.05, 0) is 55.2 Å². The van der Waals surface area contributed by atoms with Crippen molar-refractivity contribution in [2.45, 2.75) is 46.2 Å². The molecule has 0 fully saturated rings. The van der Waals surface area contributed by atoms with Gasteiger partial charge >= 0.3 is 0 Å². The summed E-state index contributed by atoms with van der Waals surface area (Å²) < 4.78 is 26.3. The van der Waals surface area contributed by atoms with Crippen LogP contribution in [0.1, 0.15) is 37.8 Å². The second kappa shape index (κ2) is 12.8. The van der Waals surface area contributed by atoms with Gasteiger partial charge in [0.1, 0.15) is 12.6 Å². The molecule has 0 aliphatic heterocycles. The predicted molar refractivity (Wildman–Crippen MR) is 143 cm³/mol. The molecule has 2 aromatic rings. The van der Waals surface area contributed by atoms with Crippen LogP contribution in [0.2, 0.25) is 15.1 Å². The first-order valence-electron chi connectivity index (χ1n) is 11.1. The van der Waals surface area contributed by atoms with E-state index in [2.05, 4.69) is 5.32 Å². The van der Waals surface area contributed by atoms with Gasteiger partial charge in [0.25, 0.3) is 0 Å². The van der Waals surface area contributed by atoms with Crippen LogP contribution in [0.5, 0.6) is 0 Å². The summed E-state index contributed by atoms with van der Waals surface area (Å²) in [4.78, 5) is 27.9. The zero-order chi connectivity index (χ0) is 26.3. The van der Waals surface area contributed by atoms with Crippen molar-refractivity contribution < 1.29 is 18.0 Å². The number of carbonyl (C=O) groups excluding carboxylic acids is 2. The number of rotatable bonds is 11. The van der Waals surface area contributed by atoms with Gasteiger partial charge in [0.2, 0.25) is 21.8 Å². The molecule has 0 spiro atoms. The van der Waals surface area contributed by atoms with Crippen molar-refractivity contribution >= 4 is 62.3 Å². The van der Waals surface area contributed by atoms with Crippen molar-refractivity contribution in [1.29, 1.82) is 0 Å². The number of anilines is 1. The summed E-state index contributed by atoms with van der Waals surface area (Å²) in [5, 5.41) is 3.87. The van der Waals surface area contributed by atoms with Gasteiger partial charge in [-0.3, -0.25) is 13.9 Å². The standard InChI is InChI=1S/C24H30Cl3N3O4S/c1-5-11-28-24(32)22(6-2)29(14-17-8-10-19(25)21(27)12-17)23(31)15-30(35(4,33)34)18-9-7-16(3)20(26)13-18/h7-10,12-13,22H,5-6,11,14-15H2,1-4H3,(H,28,32)/t22-/m1/s1. The summed E-state index contributed by atoms with van der Waals surface area (Å²) in [7, 11) is -3.84. The van der Waals surface area contributed by atoms with E-state index in [1.807, 2.05) is 6.92 Å². The van der Waals surface area contributed by atoms with Gasteiger partial charge in [-0.2, -0.15) is 0 Å². The number of benzene rings is 2. The molecule has 35 heavy (non-hydrogen) atoms. The van der Waals surface area contributed by atoms with E-state index in [4.69, 9.17) is 34.8 Å². The maximum Gasteiger partial charge on any atom is 0.244 e. The predicted octanol–water partition coefficient (Wildman–Crippen LogP) is 5.05. The molecule has 0 saturated heterocycles. The Morgan fingerprint density at radius 1 is 1.00 bits per heavy atom. The summed E-state index contributed by atoms with van der Waals surface area (Å²) in [6.07, 6.45) is 2.08. The lowest BCUT2D eigenvalue weighted by Gasteiger charge is -2.33. The Bertz CT molecular complexity index is 1170. The van der Waals surface area contributed by atoms with Crippen LogP contribution in [-0.4, -0.2) is 50.5 Å². The second-order valence-corrected chi connectivity index (χ2v) is 11.3. The van der Waals surface area contributed by atoms with Crippen molar-refractivity contribution in [2.75, 3.05) is 23.7 Å². The highest BCUT2D eigenvalue weighted by molar-refractivity contribution is 7.92. The third-order valence-corrected chi connectivity index (χ3v) is 7.68. The topological polar surface area (TPSA) is 86.8 Å². The number of amides is 2. The van der Waals surface area contributed by atoms with E-state index in [0.717, 1.165) is 22.5 Å². The highest BCUT2D eigenvalue weighted by atomic mass is 35.5. The quantitative estimate of drug-likeness (QED) is 0.415. The smallest absolute Gasteiger partial charge is 0.244 e. The molecular weight excluding hydrogens is 533 g/mol. The number of nitrogens with one attached hydrogen (secondary N) is 1. The molecule has 11 heteroatoms. The minimum atomic E-state index is -3.84. The first-order chi connectivity index (χ1) is 16.4. The zero-order valence-electron chi connectivity index (χ0n) is 20.1. The summed E-state index contributed by atoms with van der Waals surface area (Å²) in [6.45, 7) is 5.51. The molecule has 0 saturated carbocycles. The lowest BCUT2D eigenvalue weighted by molar-refractivity contribution is -0.140. The summed E-state index contributed by atoms with van der Waals surface area (Å²) in [6, 6.07) is 8.89. The normalized spacial score (nSPS) is 12.2. The maximum atomic E-state index is 13.6. The molecule has 192 valence electrons. The number of aryl methyl sites for hydroxylation is 1. The van der Waals surface area contributed by atoms with Gasteiger partial charge < -0.3 is 10.2 Å². The van der Waals surface area contributed by atoms with Gasteiger partial charge in [0.05, 0.1) is 22.0 Å². The van der Waals surface area contributed by atoms with Crippen LogP contribution >= 0.6 is 34.8 Å². The first kappa shape index (κ1) is 29.2. The van der Waals surface area contributed by atoms with E-state index in [9.17, 15) is 18.0 Å². The van der Waals surface area contributed by atoms with E-state index in [1.54, 1.807) is 44.2 Å². The van der Waals surface area contributed by atoms with Crippen LogP contribution < -0.4 is 9.62 Å². The molecule has 0 radical (unpaired) electrons. The number of nitrogens with zero attached hydrogens (tertiary/aromatic N) is 2. The molecule has 0 heterocycles. The first-order valence-corrected chi connectivity index (χ1v) is 14.1. The number of carbonyl (C=O) groups is 2. The Labute approximate surface area is 222 Å². The molecule has 1 N–H and O–H groups in total. The SMILES string of the molecule is CCCNC(=O)[C@@H](CC)N(Cc1ccc(Cl)c(Cl)c1)C(=O)CN(c1ccc(C)c(Cl)c1)S(C)(=O)=O. The number of halogens is 3. The highest BCUT2D eigenvalue weighted by Crippen LogP contribution is 2.27. The molecule has 0 aliphatic carbocycles. The lowest BCUT2D eigenvalue weighted by Crippen LogP contribution is -2.52. The molecule has 2 aromatic carbocycles. The van der Waals surface area contributed by atoms with Gasteiger partial charge in [-0.1, -0.05) is 60.8 Å². The minimum absolute atomic E-state index is 0.0417.